The fourth-order valence-corrected chi connectivity index (χ4v) is 4.47. The molecule has 33 heavy (non-hydrogen) atoms. The van der Waals surface area contributed by atoms with Gasteiger partial charge in [0.15, 0.2) is 0 Å². The number of aryl methyl sites for hydroxylation is 2. The normalized spacial score (nSPS) is 17.8. The summed E-state index contributed by atoms with van der Waals surface area (Å²) >= 11 is 0. The highest BCUT2D eigenvalue weighted by Crippen LogP contribution is 2.38. The fourth-order valence-electron chi connectivity index (χ4n) is 4.47. The van der Waals surface area contributed by atoms with Gasteiger partial charge in [0, 0.05) is 17.4 Å². The van der Waals surface area contributed by atoms with Crippen LogP contribution >= 0.6 is 0 Å². The van der Waals surface area contributed by atoms with E-state index < -0.39 is 5.54 Å². The first-order valence-electron chi connectivity index (χ1n) is 11.5. The van der Waals surface area contributed by atoms with Crippen molar-refractivity contribution >= 4 is 11.8 Å². The molecular formula is C26H28N4O3. The molecule has 1 aliphatic carbocycles. The number of rotatable bonds is 6. The van der Waals surface area contributed by atoms with Gasteiger partial charge >= 0.3 is 0 Å². The van der Waals surface area contributed by atoms with Crippen molar-refractivity contribution in [2.75, 3.05) is 6.61 Å². The summed E-state index contributed by atoms with van der Waals surface area (Å²) in [5.41, 5.74) is 2.90. The summed E-state index contributed by atoms with van der Waals surface area (Å²) < 4.78 is 7.52. The van der Waals surface area contributed by atoms with Gasteiger partial charge in [-0.2, -0.15) is 0 Å². The molecule has 3 aromatic rings. The summed E-state index contributed by atoms with van der Waals surface area (Å²) in [6, 6.07) is 15.0. The third kappa shape index (κ3) is 4.11. The molecule has 5 rings (SSSR count). The lowest BCUT2D eigenvalue weighted by molar-refractivity contribution is -0.124. The maximum absolute atomic E-state index is 13.3. The van der Waals surface area contributed by atoms with E-state index in [2.05, 4.69) is 27.3 Å². The second-order valence-corrected chi connectivity index (χ2v) is 8.80. The second-order valence-electron chi connectivity index (χ2n) is 8.80. The van der Waals surface area contributed by atoms with Crippen LogP contribution in [0.4, 0.5) is 0 Å². The van der Waals surface area contributed by atoms with Crippen LogP contribution in [0.5, 0.6) is 5.75 Å². The van der Waals surface area contributed by atoms with Crippen molar-refractivity contribution in [2.24, 2.45) is 0 Å². The smallest absolute Gasteiger partial charge is 0.252 e. The van der Waals surface area contributed by atoms with Gasteiger partial charge in [0.25, 0.3) is 5.91 Å². The molecule has 170 valence electrons. The molecular weight excluding hydrogens is 416 g/mol. The van der Waals surface area contributed by atoms with E-state index >= 15 is 0 Å². The Balaban J connectivity index is 1.31. The van der Waals surface area contributed by atoms with Crippen LogP contribution in [0.2, 0.25) is 0 Å². The topological polar surface area (TPSA) is 85.2 Å². The van der Waals surface area contributed by atoms with Crippen LogP contribution in [-0.2, 0) is 11.2 Å². The standard InChI is InChI=1S/C26H28N4O3/c1-3-33-20-11-8-19(9-12-20)24(31)29-26(14-15-26)25(32)28-21-13-10-18-6-4-5-7-22(18)30-16-17(2)27-23(21)30/h4-9,11-12,16,21H,3,10,13-15H2,1-2H3,(H,28,32)(H,29,31). The molecule has 2 aromatic carbocycles. The number of carbonyl (C=O) groups excluding carboxylic acids is 2. The monoisotopic (exact) mass is 444 g/mol. The van der Waals surface area contributed by atoms with E-state index in [-0.39, 0.29) is 17.9 Å². The largest absolute Gasteiger partial charge is 0.494 e. The molecule has 0 radical (unpaired) electrons. The molecule has 1 atom stereocenters. The summed E-state index contributed by atoms with van der Waals surface area (Å²) in [6.45, 7) is 4.44. The number of hydrogen-bond acceptors (Lipinski definition) is 4. The highest BCUT2D eigenvalue weighted by Gasteiger charge is 2.52. The number of hydrogen-bond donors (Lipinski definition) is 2. The number of nitrogens with zero attached hydrogens (tertiary/aromatic N) is 2. The second kappa shape index (κ2) is 8.39. The Morgan fingerprint density at radius 1 is 1.15 bits per heavy atom. The van der Waals surface area contributed by atoms with Crippen molar-refractivity contribution in [3.8, 4) is 11.4 Å². The van der Waals surface area contributed by atoms with Gasteiger partial charge in [-0.3, -0.25) is 9.59 Å². The zero-order valence-corrected chi connectivity index (χ0v) is 18.9. The molecule has 0 saturated heterocycles. The van der Waals surface area contributed by atoms with E-state index in [0.717, 1.165) is 30.0 Å². The molecule has 7 nitrogen and oxygen atoms in total. The first-order chi connectivity index (χ1) is 16.0. The van der Waals surface area contributed by atoms with E-state index in [0.29, 0.717) is 30.8 Å². The van der Waals surface area contributed by atoms with Gasteiger partial charge in [0.05, 0.1) is 18.3 Å². The number of para-hydroxylation sites is 1. The van der Waals surface area contributed by atoms with Crippen LogP contribution in [0.15, 0.2) is 54.7 Å². The maximum Gasteiger partial charge on any atom is 0.252 e. The van der Waals surface area contributed by atoms with Crippen LogP contribution in [-0.4, -0.2) is 33.5 Å². The quantitative estimate of drug-likeness (QED) is 0.608. The molecule has 2 aliphatic rings. The lowest BCUT2D eigenvalue weighted by Gasteiger charge is -2.22. The molecule has 1 saturated carbocycles. The van der Waals surface area contributed by atoms with Crippen LogP contribution < -0.4 is 15.4 Å². The van der Waals surface area contributed by atoms with Crippen molar-refractivity contribution in [1.82, 2.24) is 20.2 Å². The maximum atomic E-state index is 13.3. The molecule has 0 bridgehead atoms. The number of benzene rings is 2. The van der Waals surface area contributed by atoms with Gasteiger partial charge < -0.3 is 19.9 Å². The summed E-state index contributed by atoms with van der Waals surface area (Å²) in [4.78, 5) is 30.9. The van der Waals surface area contributed by atoms with Crippen molar-refractivity contribution in [2.45, 2.75) is 51.1 Å². The van der Waals surface area contributed by atoms with Crippen LogP contribution in [0.25, 0.3) is 5.69 Å². The first kappa shape index (κ1) is 21.2. The average molecular weight is 445 g/mol. The molecule has 0 spiro atoms. The van der Waals surface area contributed by atoms with Crippen LogP contribution in [0, 0.1) is 6.92 Å². The summed E-state index contributed by atoms with van der Waals surface area (Å²) in [7, 11) is 0. The summed E-state index contributed by atoms with van der Waals surface area (Å²) in [6.07, 6.45) is 4.86. The van der Waals surface area contributed by atoms with E-state index in [1.165, 1.54) is 5.56 Å². The average Bonchev–Trinajstić information content (AvgIpc) is 3.52. The van der Waals surface area contributed by atoms with Gasteiger partial charge in [-0.25, -0.2) is 4.98 Å². The molecule has 1 aromatic heterocycles. The number of carbonyl (C=O) groups is 2. The highest BCUT2D eigenvalue weighted by molar-refractivity contribution is 6.00. The first-order valence-corrected chi connectivity index (χ1v) is 11.5. The number of nitrogens with one attached hydrogen (secondary N) is 2. The molecule has 1 aliphatic heterocycles. The van der Waals surface area contributed by atoms with Crippen molar-refractivity contribution in [1.29, 1.82) is 0 Å². The Bertz CT molecular complexity index is 1190. The number of imidazole rings is 1. The highest BCUT2D eigenvalue weighted by atomic mass is 16.5. The zero-order valence-electron chi connectivity index (χ0n) is 18.9. The SMILES string of the molecule is CCOc1ccc(C(=O)NC2(C(=O)NC3CCc4ccccc4-n4cc(C)nc43)CC2)cc1. The van der Waals surface area contributed by atoms with Crippen molar-refractivity contribution in [3.05, 3.63) is 77.4 Å². The molecule has 7 heteroatoms. The molecule has 1 fully saturated rings. The summed E-state index contributed by atoms with van der Waals surface area (Å²) in [5.74, 6) is 1.15. The van der Waals surface area contributed by atoms with Gasteiger partial charge in [0.2, 0.25) is 5.91 Å². The van der Waals surface area contributed by atoms with Crippen LogP contribution in [0.3, 0.4) is 0 Å². The Labute approximate surface area is 193 Å². The number of amides is 2. The lowest BCUT2D eigenvalue weighted by atomic mass is 10.0. The summed E-state index contributed by atoms with van der Waals surface area (Å²) in [5, 5.41) is 6.16. The van der Waals surface area contributed by atoms with Crippen molar-refractivity contribution < 1.29 is 14.3 Å². The minimum atomic E-state index is -0.860. The Morgan fingerprint density at radius 2 is 1.91 bits per heavy atom. The van der Waals surface area contributed by atoms with E-state index in [4.69, 9.17) is 9.72 Å². The molecule has 2 N–H and O–H groups in total. The van der Waals surface area contributed by atoms with E-state index in [1.807, 2.05) is 32.2 Å². The minimum Gasteiger partial charge on any atom is -0.494 e. The van der Waals surface area contributed by atoms with Crippen molar-refractivity contribution in [3.63, 3.8) is 0 Å². The Morgan fingerprint density at radius 3 is 2.64 bits per heavy atom. The van der Waals surface area contributed by atoms with E-state index in [1.54, 1.807) is 24.3 Å². The van der Waals surface area contributed by atoms with Gasteiger partial charge in [-0.15, -0.1) is 0 Å². The fraction of sp³-hybridized carbons (Fsp3) is 0.346. The number of ether oxygens (including phenoxy) is 1. The number of fused-ring (bicyclic) bond motifs is 3. The third-order valence-electron chi connectivity index (χ3n) is 6.39. The molecule has 2 amide bonds. The Kier molecular flexibility index (Phi) is 5.40. The predicted molar refractivity (Wildman–Crippen MR) is 125 cm³/mol. The zero-order chi connectivity index (χ0) is 23.0. The predicted octanol–water partition coefficient (Wildman–Crippen LogP) is 3.65. The molecule has 1 unspecified atom stereocenters. The number of aromatic nitrogens is 2. The molecule has 2 heterocycles. The van der Waals surface area contributed by atoms with Crippen LogP contribution in [0.1, 0.15) is 59.7 Å². The minimum absolute atomic E-state index is 0.148. The lowest BCUT2D eigenvalue weighted by Crippen LogP contribution is -2.50. The van der Waals surface area contributed by atoms with E-state index in [9.17, 15) is 9.59 Å². The van der Waals surface area contributed by atoms with Gasteiger partial charge in [-0.05, 0) is 75.4 Å². The Hall–Kier alpha value is -3.61. The third-order valence-corrected chi connectivity index (χ3v) is 6.39. The van der Waals surface area contributed by atoms with Gasteiger partial charge in [-0.1, -0.05) is 18.2 Å². The van der Waals surface area contributed by atoms with Gasteiger partial charge in [0.1, 0.15) is 17.1 Å².